The molecule has 0 amide bonds. The van der Waals surface area contributed by atoms with Gasteiger partial charge in [-0.3, -0.25) is 0 Å². The fraction of sp³-hybridized carbons (Fsp3) is 0.571. The van der Waals surface area contributed by atoms with Gasteiger partial charge in [0.1, 0.15) is 5.75 Å². The van der Waals surface area contributed by atoms with Gasteiger partial charge in [0.2, 0.25) is 0 Å². The third-order valence-electron chi connectivity index (χ3n) is 3.40. The van der Waals surface area contributed by atoms with Crippen molar-refractivity contribution in [3.8, 4) is 5.75 Å². The summed E-state index contributed by atoms with van der Waals surface area (Å²) in [6, 6.07) is 6.04. The predicted molar refractivity (Wildman–Crippen MR) is 76.4 cm³/mol. The Balaban J connectivity index is 2.19. The number of rotatable bonds is 3. The minimum atomic E-state index is 0.649. The summed E-state index contributed by atoms with van der Waals surface area (Å²) in [7, 11) is 2.17. The number of nitrogens with two attached hydrogens (primary N) is 1. The molecule has 0 unspecified atom stereocenters. The minimum absolute atomic E-state index is 0.649. The van der Waals surface area contributed by atoms with Gasteiger partial charge >= 0.3 is 0 Å². The summed E-state index contributed by atoms with van der Waals surface area (Å²) in [5.74, 6) is 0.799. The zero-order valence-corrected chi connectivity index (χ0v) is 11.4. The van der Waals surface area contributed by atoms with Gasteiger partial charge in [0.15, 0.2) is 0 Å². The summed E-state index contributed by atoms with van der Waals surface area (Å²) in [5.41, 5.74) is 8.08. The number of nitrogens with zero attached hydrogens (tertiary/aromatic N) is 2. The Morgan fingerprint density at radius 3 is 2.83 bits per heavy atom. The van der Waals surface area contributed by atoms with E-state index in [0.29, 0.717) is 6.61 Å². The number of anilines is 2. The molecule has 0 atom stereocenters. The second-order valence-electron chi connectivity index (χ2n) is 4.77. The zero-order chi connectivity index (χ0) is 13.0. The summed E-state index contributed by atoms with van der Waals surface area (Å²) in [6.07, 6.45) is 1.18. The number of ether oxygens (including phenoxy) is 1. The van der Waals surface area contributed by atoms with Crippen LogP contribution in [0, 0.1) is 0 Å². The van der Waals surface area contributed by atoms with Crippen molar-refractivity contribution in [1.82, 2.24) is 4.90 Å². The van der Waals surface area contributed by atoms with E-state index in [1.807, 2.05) is 19.1 Å². The van der Waals surface area contributed by atoms with E-state index in [4.69, 9.17) is 10.5 Å². The SMILES string of the molecule is CCOc1cccc(N2CCCN(C)CC2)c1N. The largest absolute Gasteiger partial charge is 0.492 e. The predicted octanol–water partition coefficient (Wildman–Crippen LogP) is 1.81. The summed E-state index contributed by atoms with van der Waals surface area (Å²) < 4.78 is 5.56. The maximum atomic E-state index is 6.21. The highest BCUT2D eigenvalue weighted by molar-refractivity contribution is 5.74. The van der Waals surface area contributed by atoms with Crippen LogP contribution in [0.15, 0.2) is 18.2 Å². The van der Waals surface area contributed by atoms with E-state index in [-0.39, 0.29) is 0 Å². The number of para-hydroxylation sites is 1. The average molecular weight is 249 g/mol. The Morgan fingerprint density at radius 2 is 2.06 bits per heavy atom. The first-order valence-corrected chi connectivity index (χ1v) is 6.67. The van der Waals surface area contributed by atoms with Crippen LogP contribution in [0.5, 0.6) is 5.75 Å². The van der Waals surface area contributed by atoms with Gasteiger partial charge in [0.25, 0.3) is 0 Å². The van der Waals surface area contributed by atoms with E-state index >= 15 is 0 Å². The molecular weight excluding hydrogens is 226 g/mol. The molecule has 2 N–H and O–H groups in total. The van der Waals surface area contributed by atoms with E-state index < -0.39 is 0 Å². The second kappa shape index (κ2) is 5.96. The van der Waals surface area contributed by atoms with Crippen LogP contribution in [-0.2, 0) is 0 Å². The van der Waals surface area contributed by atoms with Gasteiger partial charge in [-0.05, 0) is 39.1 Å². The molecule has 4 nitrogen and oxygen atoms in total. The van der Waals surface area contributed by atoms with Gasteiger partial charge in [-0.25, -0.2) is 0 Å². The molecule has 1 fully saturated rings. The summed E-state index contributed by atoms with van der Waals surface area (Å²) in [6.45, 7) is 6.95. The molecule has 1 aliphatic rings. The number of hydrogen-bond acceptors (Lipinski definition) is 4. The minimum Gasteiger partial charge on any atom is -0.492 e. The lowest BCUT2D eigenvalue weighted by atomic mass is 10.2. The van der Waals surface area contributed by atoms with E-state index in [1.54, 1.807) is 0 Å². The van der Waals surface area contributed by atoms with Crippen LogP contribution in [0.4, 0.5) is 11.4 Å². The molecule has 1 saturated heterocycles. The molecule has 18 heavy (non-hydrogen) atoms. The Morgan fingerprint density at radius 1 is 1.22 bits per heavy atom. The zero-order valence-electron chi connectivity index (χ0n) is 11.4. The molecule has 4 heteroatoms. The van der Waals surface area contributed by atoms with Gasteiger partial charge in [-0.2, -0.15) is 0 Å². The molecule has 2 rings (SSSR count). The smallest absolute Gasteiger partial charge is 0.144 e. The lowest BCUT2D eigenvalue weighted by Gasteiger charge is -2.25. The normalized spacial score (nSPS) is 17.6. The van der Waals surface area contributed by atoms with Crippen molar-refractivity contribution in [2.75, 3.05) is 50.5 Å². The Kier molecular flexibility index (Phi) is 4.31. The molecule has 0 radical (unpaired) electrons. The lowest BCUT2D eigenvalue weighted by molar-refractivity contribution is 0.342. The summed E-state index contributed by atoms with van der Waals surface area (Å²) >= 11 is 0. The molecule has 1 aromatic carbocycles. The number of nitrogen functional groups attached to an aromatic ring is 1. The van der Waals surface area contributed by atoms with Gasteiger partial charge in [0.05, 0.1) is 18.0 Å². The standard InChI is InChI=1S/C14H23N3O/c1-3-18-13-7-4-6-12(14(13)15)17-9-5-8-16(2)10-11-17/h4,6-7H,3,5,8-11,15H2,1-2H3. The highest BCUT2D eigenvalue weighted by atomic mass is 16.5. The molecular formula is C14H23N3O. The van der Waals surface area contributed by atoms with Gasteiger partial charge in [0, 0.05) is 19.6 Å². The molecule has 1 aromatic rings. The van der Waals surface area contributed by atoms with Crippen molar-refractivity contribution in [2.45, 2.75) is 13.3 Å². The van der Waals surface area contributed by atoms with Crippen molar-refractivity contribution in [3.63, 3.8) is 0 Å². The molecule has 0 saturated carbocycles. The topological polar surface area (TPSA) is 41.7 Å². The van der Waals surface area contributed by atoms with Crippen molar-refractivity contribution >= 4 is 11.4 Å². The fourth-order valence-electron chi connectivity index (χ4n) is 2.38. The van der Waals surface area contributed by atoms with Crippen molar-refractivity contribution in [3.05, 3.63) is 18.2 Å². The number of likely N-dealkylation sites (N-methyl/N-ethyl adjacent to an activating group) is 1. The Labute approximate surface area is 109 Å². The van der Waals surface area contributed by atoms with Crippen LogP contribution in [0.3, 0.4) is 0 Å². The third-order valence-corrected chi connectivity index (χ3v) is 3.40. The maximum Gasteiger partial charge on any atom is 0.144 e. The first kappa shape index (κ1) is 13.0. The molecule has 1 heterocycles. The van der Waals surface area contributed by atoms with Crippen LogP contribution < -0.4 is 15.4 Å². The van der Waals surface area contributed by atoms with Crippen LogP contribution in [0.2, 0.25) is 0 Å². The highest BCUT2D eigenvalue weighted by Gasteiger charge is 2.16. The quantitative estimate of drug-likeness (QED) is 0.830. The van der Waals surface area contributed by atoms with Crippen LogP contribution in [-0.4, -0.2) is 44.7 Å². The molecule has 0 spiro atoms. The molecule has 0 aromatic heterocycles. The fourth-order valence-corrected chi connectivity index (χ4v) is 2.38. The van der Waals surface area contributed by atoms with Crippen LogP contribution >= 0.6 is 0 Å². The van der Waals surface area contributed by atoms with Crippen LogP contribution in [0.25, 0.3) is 0 Å². The monoisotopic (exact) mass is 249 g/mol. The number of benzene rings is 1. The Hall–Kier alpha value is -1.42. The van der Waals surface area contributed by atoms with Crippen LogP contribution in [0.1, 0.15) is 13.3 Å². The van der Waals surface area contributed by atoms with E-state index in [2.05, 4.69) is 22.9 Å². The average Bonchev–Trinajstić information content (AvgIpc) is 2.57. The molecule has 0 bridgehead atoms. The first-order chi connectivity index (χ1) is 8.72. The van der Waals surface area contributed by atoms with Crippen molar-refractivity contribution in [2.24, 2.45) is 0 Å². The highest BCUT2D eigenvalue weighted by Crippen LogP contribution is 2.32. The lowest BCUT2D eigenvalue weighted by Crippen LogP contribution is -2.29. The van der Waals surface area contributed by atoms with Gasteiger partial charge < -0.3 is 20.3 Å². The van der Waals surface area contributed by atoms with E-state index in [9.17, 15) is 0 Å². The first-order valence-electron chi connectivity index (χ1n) is 6.67. The van der Waals surface area contributed by atoms with Crippen molar-refractivity contribution in [1.29, 1.82) is 0 Å². The van der Waals surface area contributed by atoms with Gasteiger partial charge in [-0.1, -0.05) is 6.07 Å². The summed E-state index contributed by atoms with van der Waals surface area (Å²) in [4.78, 5) is 4.73. The third kappa shape index (κ3) is 2.88. The second-order valence-corrected chi connectivity index (χ2v) is 4.77. The van der Waals surface area contributed by atoms with E-state index in [0.717, 1.165) is 43.3 Å². The molecule has 1 aliphatic heterocycles. The van der Waals surface area contributed by atoms with Crippen molar-refractivity contribution < 1.29 is 4.74 Å². The Bertz CT molecular complexity index is 395. The number of hydrogen-bond donors (Lipinski definition) is 1. The maximum absolute atomic E-state index is 6.21. The van der Waals surface area contributed by atoms with E-state index in [1.165, 1.54) is 6.42 Å². The molecule has 0 aliphatic carbocycles. The summed E-state index contributed by atoms with van der Waals surface area (Å²) in [5, 5.41) is 0. The van der Waals surface area contributed by atoms with Gasteiger partial charge in [-0.15, -0.1) is 0 Å². The molecule has 100 valence electrons.